The second kappa shape index (κ2) is 7.28. The number of rotatable bonds is 5. The van der Waals surface area contributed by atoms with Crippen molar-refractivity contribution in [3.63, 3.8) is 0 Å². The summed E-state index contributed by atoms with van der Waals surface area (Å²) in [5, 5.41) is 11.6. The summed E-state index contributed by atoms with van der Waals surface area (Å²) < 4.78 is 5.54. The Morgan fingerprint density at radius 1 is 1.14 bits per heavy atom. The number of nitrogens with zero attached hydrogens (tertiary/aromatic N) is 1. The molecule has 0 fully saturated rings. The van der Waals surface area contributed by atoms with Crippen LogP contribution in [-0.4, -0.2) is 12.0 Å². The highest BCUT2D eigenvalue weighted by Gasteiger charge is 2.06. The molecular formula is C18H18N2O2. The second-order valence-electron chi connectivity index (χ2n) is 5.18. The quantitative estimate of drug-likeness (QED) is 0.920. The lowest BCUT2D eigenvalue weighted by Crippen LogP contribution is -2.22. The van der Waals surface area contributed by atoms with Crippen LogP contribution in [0, 0.1) is 11.3 Å². The molecule has 0 unspecified atom stereocenters. The minimum atomic E-state index is -0.138. The van der Waals surface area contributed by atoms with Gasteiger partial charge in [0.2, 0.25) is 0 Å². The summed E-state index contributed by atoms with van der Waals surface area (Å²) in [5.74, 6) is 0.610. The number of benzene rings is 2. The third-order valence-corrected chi connectivity index (χ3v) is 3.02. The van der Waals surface area contributed by atoms with Crippen LogP contribution in [0.2, 0.25) is 0 Å². The van der Waals surface area contributed by atoms with E-state index in [2.05, 4.69) is 11.4 Å². The van der Waals surface area contributed by atoms with Gasteiger partial charge in [0, 0.05) is 12.1 Å². The van der Waals surface area contributed by atoms with Crippen molar-refractivity contribution in [2.75, 3.05) is 0 Å². The van der Waals surface area contributed by atoms with E-state index in [0.29, 0.717) is 17.7 Å². The highest BCUT2D eigenvalue weighted by Crippen LogP contribution is 2.14. The lowest BCUT2D eigenvalue weighted by atomic mass is 10.1. The summed E-state index contributed by atoms with van der Waals surface area (Å²) in [6.07, 6.45) is 0.107. The van der Waals surface area contributed by atoms with Crippen molar-refractivity contribution in [3.05, 3.63) is 65.2 Å². The van der Waals surface area contributed by atoms with E-state index in [0.717, 1.165) is 11.3 Å². The van der Waals surface area contributed by atoms with E-state index in [4.69, 9.17) is 10.00 Å². The van der Waals surface area contributed by atoms with Crippen molar-refractivity contribution in [2.24, 2.45) is 0 Å². The largest absolute Gasteiger partial charge is 0.491 e. The summed E-state index contributed by atoms with van der Waals surface area (Å²) >= 11 is 0. The minimum Gasteiger partial charge on any atom is -0.491 e. The molecule has 22 heavy (non-hydrogen) atoms. The highest BCUT2D eigenvalue weighted by molar-refractivity contribution is 5.94. The van der Waals surface area contributed by atoms with Crippen LogP contribution in [0.5, 0.6) is 5.75 Å². The zero-order valence-corrected chi connectivity index (χ0v) is 12.7. The maximum absolute atomic E-state index is 12.1. The van der Waals surface area contributed by atoms with E-state index in [-0.39, 0.29) is 12.0 Å². The van der Waals surface area contributed by atoms with Gasteiger partial charge >= 0.3 is 0 Å². The summed E-state index contributed by atoms with van der Waals surface area (Å²) in [4.78, 5) is 12.1. The van der Waals surface area contributed by atoms with E-state index in [1.54, 1.807) is 36.4 Å². The molecule has 0 saturated heterocycles. The Bertz CT molecular complexity index is 668. The molecule has 0 spiro atoms. The van der Waals surface area contributed by atoms with E-state index in [1.165, 1.54) is 0 Å². The first-order chi connectivity index (χ1) is 10.6. The van der Waals surface area contributed by atoms with Gasteiger partial charge in [-0.1, -0.05) is 12.1 Å². The molecule has 0 aromatic heterocycles. The fraction of sp³-hybridized carbons (Fsp3) is 0.222. The van der Waals surface area contributed by atoms with Crippen molar-refractivity contribution in [2.45, 2.75) is 26.5 Å². The lowest BCUT2D eigenvalue weighted by Gasteiger charge is -2.10. The molecule has 0 atom stereocenters. The Morgan fingerprint density at radius 2 is 1.77 bits per heavy atom. The Kier molecular flexibility index (Phi) is 5.16. The van der Waals surface area contributed by atoms with Gasteiger partial charge in [0.1, 0.15) is 5.75 Å². The van der Waals surface area contributed by atoms with Crippen molar-refractivity contribution in [1.82, 2.24) is 5.32 Å². The molecular weight excluding hydrogens is 276 g/mol. The Hall–Kier alpha value is -2.80. The first-order valence-electron chi connectivity index (χ1n) is 7.12. The van der Waals surface area contributed by atoms with Crippen molar-refractivity contribution in [1.29, 1.82) is 5.26 Å². The molecule has 2 aromatic rings. The standard InChI is InChI=1S/C18H18N2O2/c1-13(2)22-17-9-7-16(8-10-17)18(21)20-12-15-5-3-14(11-19)4-6-15/h3-10,13H,12H2,1-2H3,(H,20,21). The van der Waals surface area contributed by atoms with Gasteiger partial charge < -0.3 is 10.1 Å². The number of nitrogens with one attached hydrogen (secondary N) is 1. The van der Waals surface area contributed by atoms with Crippen LogP contribution in [0.25, 0.3) is 0 Å². The molecule has 1 amide bonds. The highest BCUT2D eigenvalue weighted by atomic mass is 16.5. The molecule has 1 N–H and O–H groups in total. The van der Waals surface area contributed by atoms with Crippen LogP contribution in [0.3, 0.4) is 0 Å². The Morgan fingerprint density at radius 3 is 2.32 bits per heavy atom. The van der Waals surface area contributed by atoms with Crippen LogP contribution in [-0.2, 0) is 6.54 Å². The van der Waals surface area contributed by atoms with E-state index < -0.39 is 0 Å². The number of ether oxygens (including phenoxy) is 1. The predicted molar refractivity (Wildman–Crippen MR) is 84.5 cm³/mol. The van der Waals surface area contributed by atoms with Gasteiger partial charge in [-0.05, 0) is 55.8 Å². The van der Waals surface area contributed by atoms with Crippen LogP contribution in [0.4, 0.5) is 0 Å². The van der Waals surface area contributed by atoms with E-state index in [9.17, 15) is 4.79 Å². The summed E-state index contributed by atoms with van der Waals surface area (Å²) in [6, 6.07) is 16.3. The summed E-state index contributed by atoms with van der Waals surface area (Å²) in [5.41, 5.74) is 2.15. The van der Waals surface area contributed by atoms with Gasteiger partial charge in [0.15, 0.2) is 0 Å². The number of hydrogen-bond donors (Lipinski definition) is 1. The zero-order valence-electron chi connectivity index (χ0n) is 12.7. The first kappa shape index (κ1) is 15.6. The lowest BCUT2D eigenvalue weighted by molar-refractivity contribution is 0.0951. The van der Waals surface area contributed by atoms with Gasteiger partial charge in [0.25, 0.3) is 5.91 Å². The van der Waals surface area contributed by atoms with Crippen LogP contribution in [0.15, 0.2) is 48.5 Å². The maximum Gasteiger partial charge on any atom is 0.251 e. The van der Waals surface area contributed by atoms with Crippen LogP contribution < -0.4 is 10.1 Å². The molecule has 0 bridgehead atoms. The second-order valence-corrected chi connectivity index (χ2v) is 5.18. The number of nitriles is 1. The third kappa shape index (κ3) is 4.35. The number of carbonyl (C=O) groups is 1. The average molecular weight is 294 g/mol. The first-order valence-corrected chi connectivity index (χ1v) is 7.12. The summed E-state index contributed by atoms with van der Waals surface area (Å²) in [6.45, 7) is 4.34. The van der Waals surface area contributed by atoms with E-state index >= 15 is 0 Å². The average Bonchev–Trinajstić information content (AvgIpc) is 2.53. The predicted octanol–water partition coefficient (Wildman–Crippen LogP) is 3.28. The number of hydrogen-bond acceptors (Lipinski definition) is 3. The SMILES string of the molecule is CC(C)Oc1ccc(C(=O)NCc2ccc(C#N)cc2)cc1. The smallest absolute Gasteiger partial charge is 0.251 e. The number of amides is 1. The van der Waals surface area contributed by atoms with Gasteiger partial charge in [-0.25, -0.2) is 0 Å². The van der Waals surface area contributed by atoms with E-state index in [1.807, 2.05) is 26.0 Å². The summed E-state index contributed by atoms with van der Waals surface area (Å²) in [7, 11) is 0. The Labute approximate surface area is 130 Å². The molecule has 2 rings (SSSR count). The van der Waals surface area contributed by atoms with Gasteiger partial charge in [-0.15, -0.1) is 0 Å². The molecule has 0 heterocycles. The molecule has 0 aliphatic carbocycles. The topological polar surface area (TPSA) is 62.1 Å². The fourth-order valence-corrected chi connectivity index (χ4v) is 1.94. The van der Waals surface area contributed by atoms with Crippen LogP contribution in [0.1, 0.15) is 35.3 Å². The molecule has 0 aliphatic rings. The monoisotopic (exact) mass is 294 g/mol. The molecule has 112 valence electrons. The van der Waals surface area contributed by atoms with Crippen molar-refractivity contribution < 1.29 is 9.53 Å². The normalized spacial score (nSPS) is 10.1. The number of carbonyl (C=O) groups excluding carboxylic acids is 1. The van der Waals surface area contributed by atoms with Crippen molar-refractivity contribution in [3.8, 4) is 11.8 Å². The zero-order chi connectivity index (χ0) is 15.9. The van der Waals surface area contributed by atoms with Gasteiger partial charge in [-0.3, -0.25) is 4.79 Å². The van der Waals surface area contributed by atoms with Crippen LogP contribution >= 0.6 is 0 Å². The molecule has 2 aromatic carbocycles. The minimum absolute atomic E-state index is 0.107. The molecule has 4 heteroatoms. The molecule has 0 radical (unpaired) electrons. The van der Waals surface area contributed by atoms with Crippen molar-refractivity contribution >= 4 is 5.91 Å². The van der Waals surface area contributed by atoms with Gasteiger partial charge in [0.05, 0.1) is 17.7 Å². The fourth-order valence-electron chi connectivity index (χ4n) is 1.94. The molecule has 0 saturated carbocycles. The van der Waals surface area contributed by atoms with Gasteiger partial charge in [-0.2, -0.15) is 5.26 Å². The maximum atomic E-state index is 12.1. The third-order valence-electron chi connectivity index (χ3n) is 3.02. The molecule has 4 nitrogen and oxygen atoms in total. The molecule has 0 aliphatic heterocycles. The Balaban J connectivity index is 1.92.